The Bertz CT molecular complexity index is 788. The van der Waals surface area contributed by atoms with E-state index in [0.29, 0.717) is 13.2 Å². The van der Waals surface area contributed by atoms with E-state index < -0.39 is 0 Å². The van der Waals surface area contributed by atoms with Gasteiger partial charge in [0.15, 0.2) is 12.6 Å². The number of carbonyl (C=O) groups excluding carboxylic acids is 1. The second-order valence-electron chi connectivity index (χ2n) is 8.81. The van der Waals surface area contributed by atoms with Crippen molar-refractivity contribution < 1.29 is 23.7 Å². The van der Waals surface area contributed by atoms with Crippen molar-refractivity contribution in [2.75, 3.05) is 37.1 Å². The molecule has 2 saturated heterocycles. The van der Waals surface area contributed by atoms with Gasteiger partial charge < -0.3 is 29.6 Å². The summed E-state index contributed by atoms with van der Waals surface area (Å²) in [5, 5.41) is 5.75. The van der Waals surface area contributed by atoms with Gasteiger partial charge in [-0.3, -0.25) is 0 Å². The van der Waals surface area contributed by atoms with Gasteiger partial charge in [0.05, 0.1) is 13.2 Å². The van der Waals surface area contributed by atoms with Crippen molar-refractivity contribution in [2.45, 2.75) is 63.9 Å². The van der Waals surface area contributed by atoms with Crippen molar-refractivity contribution in [1.82, 2.24) is 0 Å². The minimum Gasteiger partial charge on any atom is -0.353 e. The number of benzene rings is 2. The van der Waals surface area contributed by atoms with Crippen LogP contribution in [0.1, 0.15) is 49.7 Å². The van der Waals surface area contributed by atoms with Gasteiger partial charge in [0.25, 0.3) is 0 Å². The molecular formula is C27H36N2O5. The molecule has 2 atom stereocenters. The lowest BCUT2D eigenvalue weighted by Crippen LogP contribution is -2.23. The minimum absolute atomic E-state index is 0.0584. The molecule has 0 radical (unpaired) electrons. The third-order valence-electron chi connectivity index (χ3n) is 6.09. The largest absolute Gasteiger partial charge is 0.353 e. The Labute approximate surface area is 202 Å². The molecule has 0 bridgehead atoms. The molecule has 2 aromatic carbocycles. The second-order valence-corrected chi connectivity index (χ2v) is 8.81. The van der Waals surface area contributed by atoms with Gasteiger partial charge in [-0.25, -0.2) is 4.79 Å². The van der Waals surface area contributed by atoms with Crippen molar-refractivity contribution in [3.63, 3.8) is 0 Å². The summed E-state index contributed by atoms with van der Waals surface area (Å²) in [6, 6.07) is 15.4. The zero-order chi connectivity index (χ0) is 23.4. The average molecular weight is 469 g/mol. The number of amides is 2. The Kier molecular flexibility index (Phi) is 9.75. The first kappa shape index (κ1) is 24.7. The summed E-state index contributed by atoms with van der Waals surface area (Å²) in [7, 11) is 0. The third-order valence-corrected chi connectivity index (χ3v) is 6.09. The first-order valence-electron chi connectivity index (χ1n) is 12.5. The Balaban J connectivity index is 1.13. The van der Waals surface area contributed by atoms with Crippen LogP contribution in [0.4, 0.5) is 16.2 Å². The fraction of sp³-hybridized carbons (Fsp3) is 0.519. The molecule has 2 aliphatic rings. The van der Waals surface area contributed by atoms with Gasteiger partial charge in [0, 0.05) is 24.6 Å². The van der Waals surface area contributed by atoms with Crippen molar-refractivity contribution in [3.05, 3.63) is 59.7 Å². The highest BCUT2D eigenvalue weighted by Gasteiger charge is 2.14. The summed E-state index contributed by atoms with van der Waals surface area (Å²) in [5.74, 6) is 0. The topological polar surface area (TPSA) is 78.1 Å². The fourth-order valence-electron chi connectivity index (χ4n) is 4.10. The van der Waals surface area contributed by atoms with E-state index in [1.165, 1.54) is 12.8 Å². The molecular weight excluding hydrogens is 432 g/mol. The summed E-state index contributed by atoms with van der Waals surface area (Å²) in [6.07, 6.45) is 8.06. The van der Waals surface area contributed by atoms with Gasteiger partial charge in [-0.15, -0.1) is 0 Å². The molecule has 4 rings (SSSR count). The zero-order valence-electron chi connectivity index (χ0n) is 19.8. The van der Waals surface area contributed by atoms with Gasteiger partial charge in [0.1, 0.15) is 0 Å². The minimum atomic E-state index is -0.268. The average Bonchev–Trinajstić information content (AvgIpc) is 2.87. The molecule has 2 aliphatic heterocycles. The van der Waals surface area contributed by atoms with Crippen molar-refractivity contribution in [2.24, 2.45) is 0 Å². The van der Waals surface area contributed by atoms with E-state index in [-0.39, 0.29) is 18.6 Å². The van der Waals surface area contributed by atoms with Crippen molar-refractivity contribution in [3.8, 4) is 0 Å². The van der Waals surface area contributed by atoms with E-state index in [1.807, 2.05) is 48.5 Å². The molecule has 2 aromatic rings. The number of carbonyl (C=O) groups is 1. The summed E-state index contributed by atoms with van der Waals surface area (Å²) in [6.45, 7) is 2.85. The molecule has 2 heterocycles. The maximum Gasteiger partial charge on any atom is 0.323 e. The van der Waals surface area contributed by atoms with E-state index in [4.69, 9.17) is 18.9 Å². The van der Waals surface area contributed by atoms with E-state index in [1.54, 1.807) is 0 Å². The summed E-state index contributed by atoms with van der Waals surface area (Å²) in [5.41, 5.74) is 3.82. The smallest absolute Gasteiger partial charge is 0.323 e. The molecule has 34 heavy (non-hydrogen) atoms. The lowest BCUT2D eigenvalue weighted by Gasteiger charge is -2.22. The molecule has 0 saturated carbocycles. The number of hydrogen-bond acceptors (Lipinski definition) is 5. The van der Waals surface area contributed by atoms with Crippen LogP contribution in [-0.2, 0) is 31.8 Å². The third kappa shape index (κ3) is 8.40. The summed E-state index contributed by atoms with van der Waals surface area (Å²) >= 11 is 0. The van der Waals surface area contributed by atoms with Crippen LogP contribution in [0.2, 0.25) is 0 Å². The number of nitrogens with one attached hydrogen (secondary N) is 2. The van der Waals surface area contributed by atoms with E-state index in [2.05, 4.69) is 10.6 Å². The van der Waals surface area contributed by atoms with E-state index in [9.17, 15) is 4.79 Å². The summed E-state index contributed by atoms with van der Waals surface area (Å²) in [4.78, 5) is 12.4. The number of urea groups is 1. The molecule has 2 unspecified atom stereocenters. The lowest BCUT2D eigenvalue weighted by molar-refractivity contribution is -0.161. The fourth-order valence-corrected chi connectivity index (χ4v) is 4.10. The van der Waals surface area contributed by atoms with Crippen LogP contribution in [0, 0.1) is 0 Å². The molecule has 2 amide bonds. The van der Waals surface area contributed by atoms with Crippen LogP contribution in [-0.4, -0.2) is 45.0 Å². The maximum absolute atomic E-state index is 12.4. The van der Waals surface area contributed by atoms with Crippen molar-refractivity contribution in [1.29, 1.82) is 0 Å². The van der Waals surface area contributed by atoms with E-state index in [0.717, 1.165) is 74.2 Å². The van der Waals surface area contributed by atoms with Crippen LogP contribution in [0.5, 0.6) is 0 Å². The van der Waals surface area contributed by atoms with E-state index >= 15 is 0 Å². The Morgan fingerprint density at radius 1 is 0.706 bits per heavy atom. The molecule has 0 spiro atoms. The monoisotopic (exact) mass is 468 g/mol. The molecule has 2 N–H and O–H groups in total. The second kappa shape index (κ2) is 13.4. The summed E-state index contributed by atoms with van der Waals surface area (Å²) < 4.78 is 22.8. The lowest BCUT2D eigenvalue weighted by atomic mass is 10.1. The molecule has 0 aliphatic carbocycles. The van der Waals surface area contributed by atoms with Crippen molar-refractivity contribution >= 4 is 17.4 Å². The predicted molar refractivity (Wildman–Crippen MR) is 132 cm³/mol. The maximum atomic E-state index is 12.4. The van der Waals surface area contributed by atoms with Gasteiger partial charge in [-0.1, -0.05) is 24.3 Å². The quantitative estimate of drug-likeness (QED) is 0.481. The number of ether oxygens (including phenoxy) is 4. The highest BCUT2D eigenvalue weighted by atomic mass is 16.7. The van der Waals surface area contributed by atoms with Crippen LogP contribution in [0.3, 0.4) is 0 Å². The Morgan fingerprint density at radius 2 is 1.15 bits per heavy atom. The predicted octanol–water partition coefficient (Wildman–Crippen LogP) is 5.50. The first-order chi connectivity index (χ1) is 16.7. The van der Waals surface area contributed by atoms with Gasteiger partial charge >= 0.3 is 6.03 Å². The Hall–Kier alpha value is -2.45. The SMILES string of the molecule is O=C(Nc1ccc(CCOC2CCCCO2)cc1)Nc1ccc(CCOC2CCCCO2)cc1. The first-order valence-corrected chi connectivity index (χ1v) is 12.5. The van der Waals surface area contributed by atoms with Gasteiger partial charge in [-0.2, -0.15) is 0 Å². The van der Waals surface area contributed by atoms with Crippen LogP contribution >= 0.6 is 0 Å². The Morgan fingerprint density at radius 3 is 1.53 bits per heavy atom. The van der Waals surface area contributed by atoms with Crippen LogP contribution in [0.15, 0.2) is 48.5 Å². The number of anilines is 2. The van der Waals surface area contributed by atoms with Crippen LogP contribution < -0.4 is 10.6 Å². The highest BCUT2D eigenvalue weighted by molar-refractivity contribution is 5.99. The standard InChI is InChI=1S/C27H36N2O5/c30-27(28-23-11-7-21(8-12-23)15-19-33-25-5-1-3-17-31-25)29-24-13-9-22(10-14-24)16-20-34-26-6-2-4-18-32-26/h7-14,25-26H,1-6,15-20H2,(H2,28,29,30). The zero-order valence-corrected chi connectivity index (χ0v) is 19.8. The molecule has 0 aromatic heterocycles. The van der Waals surface area contributed by atoms with Gasteiger partial charge in [-0.05, 0) is 86.8 Å². The molecule has 7 heteroatoms. The van der Waals surface area contributed by atoms with Crippen LogP contribution in [0.25, 0.3) is 0 Å². The van der Waals surface area contributed by atoms with Gasteiger partial charge in [0.2, 0.25) is 0 Å². The highest BCUT2D eigenvalue weighted by Crippen LogP contribution is 2.17. The molecule has 184 valence electrons. The number of rotatable bonds is 10. The molecule has 2 fully saturated rings. The normalized spacial score (nSPS) is 20.6. The molecule has 7 nitrogen and oxygen atoms in total. The number of hydrogen-bond donors (Lipinski definition) is 2.